The molecule has 161 valence electrons. The van der Waals surface area contributed by atoms with Gasteiger partial charge in [0.05, 0.1) is 0 Å². The van der Waals surface area contributed by atoms with Crippen molar-refractivity contribution in [2.45, 2.75) is 31.7 Å². The average Bonchev–Trinajstić information content (AvgIpc) is 2.71. The summed E-state index contributed by atoms with van der Waals surface area (Å²) < 4.78 is 6.48. The van der Waals surface area contributed by atoms with Gasteiger partial charge < -0.3 is 9.64 Å². The van der Waals surface area contributed by atoms with Crippen molar-refractivity contribution in [2.24, 2.45) is 5.92 Å². The minimum atomic E-state index is 0. The zero-order valence-corrected chi connectivity index (χ0v) is 19.7. The second-order valence-corrected chi connectivity index (χ2v) is 8.86. The second kappa shape index (κ2) is 9.00. The number of anilines is 1. The molecule has 0 fully saturated rings. The van der Waals surface area contributed by atoms with Crippen LogP contribution in [0.15, 0.2) is 60.4 Å². The fraction of sp³-hybridized carbons (Fsp3) is 0.385. The number of benzene rings is 2. The van der Waals surface area contributed by atoms with E-state index in [4.69, 9.17) is 4.74 Å². The molecule has 0 saturated carbocycles. The van der Waals surface area contributed by atoms with Crippen molar-refractivity contribution in [3.8, 4) is 5.75 Å². The molecular formula is C26H31CoN2O-. The summed E-state index contributed by atoms with van der Waals surface area (Å²) in [6.07, 6.45) is 6.87. The summed E-state index contributed by atoms with van der Waals surface area (Å²) in [5, 5.41) is 0. The van der Waals surface area contributed by atoms with E-state index in [1.807, 2.05) is 0 Å². The van der Waals surface area contributed by atoms with E-state index in [0.717, 1.165) is 17.2 Å². The van der Waals surface area contributed by atoms with E-state index >= 15 is 0 Å². The zero-order chi connectivity index (χ0) is 20.7. The van der Waals surface area contributed by atoms with Gasteiger partial charge in [-0.2, -0.15) is 35.4 Å². The van der Waals surface area contributed by atoms with Gasteiger partial charge in [0.15, 0.2) is 0 Å². The predicted molar refractivity (Wildman–Crippen MR) is 121 cm³/mol. The maximum absolute atomic E-state index is 6.48. The number of rotatable bonds is 4. The first-order valence-corrected chi connectivity index (χ1v) is 10.4. The van der Waals surface area contributed by atoms with Crippen LogP contribution in [0.2, 0.25) is 0 Å². The van der Waals surface area contributed by atoms with Crippen molar-refractivity contribution in [1.82, 2.24) is 4.90 Å². The van der Waals surface area contributed by atoms with Gasteiger partial charge in [0.2, 0.25) is 0 Å². The van der Waals surface area contributed by atoms with E-state index in [0.29, 0.717) is 5.92 Å². The Hall–Kier alpha value is -2.01. The molecule has 0 N–H and O–H groups in total. The fourth-order valence-corrected chi connectivity index (χ4v) is 4.23. The van der Waals surface area contributed by atoms with Crippen LogP contribution < -0.4 is 9.64 Å². The summed E-state index contributed by atoms with van der Waals surface area (Å²) in [5.74, 6) is 2.90. The molecule has 1 aliphatic carbocycles. The van der Waals surface area contributed by atoms with Gasteiger partial charge in [0, 0.05) is 66.1 Å². The van der Waals surface area contributed by atoms with Crippen molar-refractivity contribution in [2.75, 3.05) is 33.1 Å². The Balaban J connectivity index is 0.00000256. The Morgan fingerprint density at radius 2 is 1.77 bits per heavy atom. The van der Waals surface area contributed by atoms with E-state index in [9.17, 15) is 0 Å². The Morgan fingerprint density at radius 1 is 1.00 bits per heavy atom. The Bertz CT molecular complexity index is 961. The van der Waals surface area contributed by atoms with Gasteiger partial charge in [-0.1, -0.05) is 32.1 Å². The quantitative estimate of drug-likeness (QED) is 0.475. The van der Waals surface area contributed by atoms with Crippen LogP contribution in [0, 0.1) is 12.0 Å². The van der Waals surface area contributed by atoms with Gasteiger partial charge in [0.1, 0.15) is 11.5 Å². The molecule has 3 nitrogen and oxygen atoms in total. The first kappa shape index (κ1) is 22.7. The summed E-state index contributed by atoms with van der Waals surface area (Å²) in [6.45, 7) is 4.49. The first-order valence-electron chi connectivity index (χ1n) is 10.4. The van der Waals surface area contributed by atoms with Gasteiger partial charge in [-0.05, 0) is 32.2 Å². The molecule has 2 aromatic rings. The van der Waals surface area contributed by atoms with Crippen molar-refractivity contribution < 1.29 is 21.5 Å². The van der Waals surface area contributed by atoms with Crippen LogP contribution in [0.1, 0.15) is 42.4 Å². The number of hydrogen-bond donors (Lipinski definition) is 0. The fourth-order valence-electron chi connectivity index (χ4n) is 4.23. The summed E-state index contributed by atoms with van der Waals surface area (Å²) in [6, 6.07) is 17.0. The van der Waals surface area contributed by atoms with Crippen molar-refractivity contribution in [3.05, 3.63) is 83.1 Å². The molecule has 30 heavy (non-hydrogen) atoms. The van der Waals surface area contributed by atoms with Crippen LogP contribution in [0.3, 0.4) is 0 Å². The summed E-state index contributed by atoms with van der Waals surface area (Å²) >= 11 is 0. The number of allylic oxidation sites excluding steroid dienone is 1. The van der Waals surface area contributed by atoms with Crippen LogP contribution in [-0.2, 0) is 16.8 Å². The van der Waals surface area contributed by atoms with Gasteiger partial charge in [-0.25, -0.2) is 0 Å². The smallest absolute Gasteiger partial charge is 0.132 e. The monoisotopic (exact) mass is 446 g/mol. The SMILES string of the molecule is CC(C)c1cc[c-]c(C2c3ccc(N(C)C)cc3OC3=CC(N(C)C)C=CC32)c1.[Co]. The van der Waals surface area contributed by atoms with Gasteiger partial charge in [-0.15, -0.1) is 0 Å². The predicted octanol–water partition coefficient (Wildman–Crippen LogP) is 5.20. The Labute approximate surface area is 191 Å². The third-order valence-corrected chi connectivity index (χ3v) is 6.06. The maximum atomic E-state index is 6.48. The van der Waals surface area contributed by atoms with Crippen LogP contribution in [-0.4, -0.2) is 39.1 Å². The summed E-state index contributed by atoms with van der Waals surface area (Å²) in [4.78, 5) is 4.32. The molecule has 4 heteroatoms. The number of ether oxygens (including phenoxy) is 1. The normalized spacial score (nSPS) is 22.0. The van der Waals surface area contributed by atoms with Crippen molar-refractivity contribution >= 4 is 5.69 Å². The minimum absolute atomic E-state index is 0. The van der Waals surface area contributed by atoms with Gasteiger partial charge in [0.25, 0.3) is 0 Å². The molecule has 1 heterocycles. The molecule has 0 bridgehead atoms. The molecule has 2 aliphatic rings. The molecule has 4 rings (SSSR count). The van der Waals surface area contributed by atoms with Crippen LogP contribution in [0.25, 0.3) is 0 Å². The molecule has 0 spiro atoms. The largest absolute Gasteiger partial charge is 0.461 e. The van der Waals surface area contributed by atoms with E-state index in [1.54, 1.807) is 0 Å². The molecular weight excluding hydrogens is 415 g/mol. The molecule has 3 unspecified atom stereocenters. The number of hydrogen-bond acceptors (Lipinski definition) is 3. The Kier molecular flexibility index (Phi) is 6.80. The minimum Gasteiger partial charge on any atom is -0.461 e. The van der Waals surface area contributed by atoms with Crippen molar-refractivity contribution in [3.63, 3.8) is 0 Å². The van der Waals surface area contributed by atoms with Crippen LogP contribution >= 0.6 is 0 Å². The molecule has 1 aliphatic heterocycles. The molecule has 0 aromatic heterocycles. The zero-order valence-electron chi connectivity index (χ0n) is 18.6. The van der Waals surface area contributed by atoms with E-state index in [1.165, 1.54) is 16.7 Å². The molecule has 0 amide bonds. The molecule has 2 aromatic carbocycles. The second-order valence-electron chi connectivity index (χ2n) is 8.86. The summed E-state index contributed by atoms with van der Waals surface area (Å²) in [5.41, 5.74) is 4.98. The molecule has 1 radical (unpaired) electrons. The number of nitrogens with zero attached hydrogens (tertiary/aromatic N) is 2. The topological polar surface area (TPSA) is 15.7 Å². The maximum Gasteiger partial charge on any atom is 0.132 e. The van der Waals surface area contributed by atoms with E-state index in [-0.39, 0.29) is 34.7 Å². The van der Waals surface area contributed by atoms with E-state index < -0.39 is 0 Å². The standard InChI is InChI=1S/C26H31N2O.Co/c1-17(2)18-8-7-9-19(14-18)26-22-12-10-20(27(3)4)15-24(22)29-25-16-21(28(5)6)11-13-23(25)26;/h7-8,10-17,20,22,26H,1-6H3;/q-1;. The van der Waals surface area contributed by atoms with Crippen LogP contribution in [0.4, 0.5) is 5.69 Å². The summed E-state index contributed by atoms with van der Waals surface area (Å²) in [7, 11) is 8.33. The van der Waals surface area contributed by atoms with Gasteiger partial charge in [-0.3, -0.25) is 4.90 Å². The average molecular weight is 446 g/mol. The molecule has 0 saturated heterocycles. The van der Waals surface area contributed by atoms with Gasteiger partial charge >= 0.3 is 0 Å². The number of likely N-dealkylation sites (N-methyl/N-ethyl adjacent to an activating group) is 1. The van der Waals surface area contributed by atoms with E-state index in [2.05, 4.69) is 113 Å². The van der Waals surface area contributed by atoms with Crippen molar-refractivity contribution in [1.29, 1.82) is 0 Å². The van der Waals surface area contributed by atoms with Crippen LogP contribution in [0.5, 0.6) is 5.75 Å². The molecule has 3 atom stereocenters. The first-order chi connectivity index (χ1) is 13.8. The third-order valence-electron chi connectivity index (χ3n) is 6.06. The third kappa shape index (κ3) is 4.22. The Morgan fingerprint density at radius 3 is 2.43 bits per heavy atom. The number of fused-ring (bicyclic) bond motifs is 2.